The Labute approximate surface area is 117 Å². The molecule has 0 saturated carbocycles. The number of nitrogens with zero attached hydrogens (tertiary/aromatic N) is 1. The van der Waals surface area contributed by atoms with Crippen LogP contribution in [0.15, 0.2) is 29.2 Å². The summed E-state index contributed by atoms with van der Waals surface area (Å²) in [7, 11) is -3.82. The number of rotatable bonds is 4. The highest BCUT2D eigenvalue weighted by Crippen LogP contribution is 2.22. The number of benzene rings is 1. The second-order valence-corrected chi connectivity index (χ2v) is 6.60. The molecule has 110 valence electrons. The second-order valence-electron chi connectivity index (χ2n) is 4.71. The molecule has 0 aromatic heterocycles. The van der Waals surface area contributed by atoms with Crippen molar-refractivity contribution >= 4 is 15.8 Å². The molecule has 2 rings (SSSR count). The highest BCUT2D eigenvalue weighted by molar-refractivity contribution is 7.89. The fourth-order valence-electron chi connectivity index (χ4n) is 2.21. The molecule has 1 aliphatic rings. The minimum atomic E-state index is -3.82. The zero-order valence-electron chi connectivity index (χ0n) is 11.1. The molecular weight excluding hydrogens is 285 g/mol. The number of hydrogen-bond acceptors (Lipinski definition) is 4. The van der Waals surface area contributed by atoms with Crippen molar-refractivity contribution in [2.24, 2.45) is 0 Å². The minimum absolute atomic E-state index is 0.0918. The van der Waals surface area contributed by atoms with E-state index in [1.54, 1.807) is 0 Å². The highest BCUT2D eigenvalue weighted by Gasteiger charge is 2.34. The number of ketones is 1. The van der Waals surface area contributed by atoms with Gasteiger partial charge < -0.3 is 4.74 Å². The number of hydrogen-bond donors (Lipinski definition) is 0. The molecule has 7 heteroatoms. The molecule has 1 saturated heterocycles. The van der Waals surface area contributed by atoms with Crippen molar-refractivity contribution in [2.75, 3.05) is 19.8 Å². The second kappa shape index (κ2) is 5.99. The third-order valence-electron chi connectivity index (χ3n) is 3.10. The van der Waals surface area contributed by atoms with Crippen LogP contribution in [0.4, 0.5) is 4.39 Å². The zero-order valence-corrected chi connectivity index (χ0v) is 11.9. The number of carbonyl (C=O) groups excluding carboxylic acids is 1. The van der Waals surface area contributed by atoms with E-state index in [4.69, 9.17) is 4.74 Å². The highest BCUT2D eigenvalue weighted by atomic mass is 32.2. The maximum absolute atomic E-state index is 13.2. The van der Waals surface area contributed by atoms with Gasteiger partial charge in [-0.05, 0) is 25.1 Å². The Kier molecular flexibility index (Phi) is 4.52. The molecule has 0 radical (unpaired) electrons. The van der Waals surface area contributed by atoms with Gasteiger partial charge >= 0.3 is 0 Å². The standard InChI is InChI=1S/C13H16FNO4S/c1-10(16)7-12-9-19-6-5-15(12)20(17,18)13-4-2-3-11(14)8-13/h2-4,8,12H,5-7,9H2,1H3/t12-/m0/s1. The van der Waals surface area contributed by atoms with Crippen LogP contribution in [0.1, 0.15) is 13.3 Å². The Balaban J connectivity index is 2.33. The van der Waals surface area contributed by atoms with Gasteiger partial charge in [0.05, 0.1) is 24.2 Å². The largest absolute Gasteiger partial charge is 0.378 e. The SMILES string of the molecule is CC(=O)C[C@H]1COCCN1S(=O)(=O)c1cccc(F)c1. The third kappa shape index (κ3) is 3.23. The van der Waals surface area contributed by atoms with Crippen LogP contribution in [0.2, 0.25) is 0 Å². The molecule has 1 aromatic rings. The summed E-state index contributed by atoms with van der Waals surface area (Å²) < 4.78 is 44.7. The Morgan fingerprint density at radius 1 is 1.50 bits per heavy atom. The summed E-state index contributed by atoms with van der Waals surface area (Å²) in [5.74, 6) is -0.720. The molecule has 1 atom stereocenters. The van der Waals surface area contributed by atoms with Crippen LogP contribution in [-0.2, 0) is 19.6 Å². The molecule has 1 heterocycles. The zero-order chi connectivity index (χ0) is 14.8. The van der Waals surface area contributed by atoms with Crippen molar-refractivity contribution in [1.82, 2.24) is 4.31 Å². The van der Waals surface area contributed by atoms with E-state index in [0.717, 1.165) is 6.07 Å². The van der Waals surface area contributed by atoms with Gasteiger partial charge in [0.2, 0.25) is 10.0 Å². The van der Waals surface area contributed by atoms with E-state index in [2.05, 4.69) is 0 Å². The number of Topliss-reactive ketones (excluding diaryl/α,β-unsaturated/α-hetero) is 1. The smallest absolute Gasteiger partial charge is 0.243 e. The molecule has 1 aliphatic heterocycles. The predicted molar refractivity (Wildman–Crippen MR) is 70.2 cm³/mol. The first kappa shape index (κ1) is 15.1. The molecule has 0 amide bonds. The van der Waals surface area contributed by atoms with Gasteiger partial charge in [-0.2, -0.15) is 4.31 Å². The van der Waals surface area contributed by atoms with Crippen LogP contribution < -0.4 is 0 Å². The summed E-state index contributed by atoms with van der Waals surface area (Å²) in [5.41, 5.74) is 0. The van der Waals surface area contributed by atoms with Crippen LogP contribution in [0.3, 0.4) is 0 Å². The molecule has 5 nitrogen and oxygen atoms in total. The normalized spacial score (nSPS) is 20.8. The molecule has 0 unspecified atom stereocenters. The maximum atomic E-state index is 13.2. The van der Waals surface area contributed by atoms with E-state index in [9.17, 15) is 17.6 Å². The van der Waals surface area contributed by atoms with E-state index in [1.165, 1.54) is 29.4 Å². The van der Waals surface area contributed by atoms with E-state index in [-0.39, 0.29) is 36.9 Å². The van der Waals surface area contributed by atoms with Crippen molar-refractivity contribution in [1.29, 1.82) is 0 Å². The van der Waals surface area contributed by atoms with Gasteiger partial charge in [-0.15, -0.1) is 0 Å². The monoisotopic (exact) mass is 301 g/mol. The molecule has 0 bridgehead atoms. The van der Waals surface area contributed by atoms with Crippen LogP contribution in [-0.4, -0.2) is 44.3 Å². The average Bonchev–Trinajstić information content (AvgIpc) is 2.38. The van der Waals surface area contributed by atoms with E-state index in [0.29, 0.717) is 0 Å². The van der Waals surface area contributed by atoms with E-state index >= 15 is 0 Å². The fraction of sp³-hybridized carbons (Fsp3) is 0.462. The summed E-state index contributed by atoms with van der Waals surface area (Å²) >= 11 is 0. The van der Waals surface area contributed by atoms with Gasteiger partial charge in [0.15, 0.2) is 0 Å². The van der Waals surface area contributed by atoms with E-state index < -0.39 is 21.9 Å². The summed E-state index contributed by atoms with van der Waals surface area (Å²) in [5, 5.41) is 0. The lowest BCUT2D eigenvalue weighted by Crippen LogP contribution is -2.49. The number of halogens is 1. The van der Waals surface area contributed by atoms with Gasteiger partial charge in [-0.3, -0.25) is 4.79 Å². The number of ether oxygens (including phenoxy) is 1. The minimum Gasteiger partial charge on any atom is -0.378 e. The summed E-state index contributed by atoms with van der Waals surface area (Å²) in [4.78, 5) is 11.1. The summed E-state index contributed by atoms with van der Waals surface area (Å²) in [6.45, 7) is 2.01. The first-order chi connectivity index (χ1) is 9.41. The van der Waals surface area contributed by atoms with Crippen LogP contribution >= 0.6 is 0 Å². The van der Waals surface area contributed by atoms with Gasteiger partial charge in [0, 0.05) is 13.0 Å². The Morgan fingerprint density at radius 3 is 2.90 bits per heavy atom. The quantitative estimate of drug-likeness (QED) is 0.838. The molecule has 20 heavy (non-hydrogen) atoms. The first-order valence-electron chi connectivity index (χ1n) is 6.26. The lowest BCUT2D eigenvalue weighted by Gasteiger charge is -2.34. The number of carbonyl (C=O) groups is 1. The predicted octanol–water partition coefficient (Wildman–Crippen LogP) is 1.19. The summed E-state index contributed by atoms with van der Waals surface area (Å²) in [6, 6.07) is 4.33. The Morgan fingerprint density at radius 2 is 2.25 bits per heavy atom. The Hall–Kier alpha value is -1.31. The molecule has 1 fully saturated rings. The molecule has 0 aliphatic carbocycles. The Bertz CT molecular complexity index is 602. The fourth-order valence-corrected chi connectivity index (χ4v) is 3.84. The van der Waals surface area contributed by atoms with Crippen molar-refractivity contribution < 1.29 is 22.3 Å². The van der Waals surface area contributed by atoms with Crippen LogP contribution in [0.5, 0.6) is 0 Å². The average molecular weight is 301 g/mol. The van der Waals surface area contributed by atoms with Gasteiger partial charge in [0.1, 0.15) is 11.6 Å². The van der Waals surface area contributed by atoms with Crippen molar-refractivity contribution in [3.05, 3.63) is 30.1 Å². The topological polar surface area (TPSA) is 63.7 Å². The van der Waals surface area contributed by atoms with Crippen LogP contribution in [0.25, 0.3) is 0 Å². The molecular formula is C13H16FNO4S. The van der Waals surface area contributed by atoms with Gasteiger partial charge in [-0.25, -0.2) is 12.8 Å². The molecule has 1 aromatic carbocycles. The third-order valence-corrected chi connectivity index (χ3v) is 5.05. The molecule has 0 N–H and O–H groups in total. The van der Waals surface area contributed by atoms with Gasteiger partial charge in [0.25, 0.3) is 0 Å². The first-order valence-corrected chi connectivity index (χ1v) is 7.70. The lowest BCUT2D eigenvalue weighted by molar-refractivity contribution is -0.118. The summed E-state index contributed by atoms with van der Waals surface area (Å²) in [6.07, 6.45) is 0.0918. The lowest BCUT2D eigenvalue weighted by atomic mass is 10.1. The molecule has 0 spiro atoms. The number of sulfonamides is 1. The van der Waals surface area contributed by atoms with Crippen molar-refractivity contribution in [3.63, 3.8) is 0 Å². The maximum Gasteiger partial charge on any atom is 0.243 e. The van der Waals surface area contributed by atoms with Crippen molar-refractivity contribution in [2.45, 2.75) is 24.3 Å². The number of morpholine rings is 1. The van der Waals surface area contributed by atoms with Gasteiger partial charge in [-0.1, -0.05) is 6.07 Å². The van der Waals surface area contributed by atoms with Crippen molar-refractivity contribution in [3.8, 4) is 0 Å². The van der Waals surface area contributed by atoms with Crippen LogP contribution in [0, 0.1) is 5.82 Å². The van der Waals surface area contributed by atoms with E-state index in [1.807, 2.05) is 0 Å².